The fourth-order valence-corrected chi connectivity index (χ4v) is 1.16. The van der Waals surface area contributed by atoms with Crippen LogP contribution in [0, 0.1) is 11.3 Å². The zero-order valence-electron chi connectivity index (χ0n) is 7.10. The molecule has 0 bridgehead atoms. The Bertz CT molecular complexity index is 498. The highest BCUT2D eigenvalue weighted by atomic mass is 16.3. The fraction of sp³-hybridized carbons (Fsp3) is 0. The molecule has 14 heavy (non-hydrogen) atoms. The van der Waals surface area contributed by atoms with Gasteiger partial charge >= 0.3 is 0 Å². The summed E-state index contributed by atoms with van der Waals surface area (Å²) in [5, 5.41) is 27.8. The first kappa shape index (κ1) is 8.26. The standard InChI is InChI=1S/C9H6N4O/c10-5-8-9(12-13-11-8)6-2-1-3-7(14)4-6/h1-4,14H,(H,11,12,13). The van der Waals surface area contributed by atoms with Gasteiger partial charge < -0.3 is 5.11 Å². The lowest BCUT2D eigenvalue weighted by Crippen LogP contribution is -1.81. The van der Waals surface area contributed by atoms with E-state index >= 15 is 0 Å². The molecule has 0 saturated heterocycles. The third-order valence-electron chi connectivity index (χ3n) is 1.77. The SMILES string of the molecule is N#Cc1n[nH]nc1-c1cccc(O)c1. The molecule has 0 fully saturated rings. The molecular formula is C9H6N4O. The molecule has 2 aromatic rings. The topological polar surface area (TPSA) is 85.6 Å². The number of aromatic nitrogens is 3. The zero-order valence-corrected chi connectivity index (χ0v) is 7.10. The van der Waals surface area contributed by atoms with E-state index in [0.29, 0.717) is 11.3 Å². The van der Waals surface area contributed by atoms with E-state index < -0.39 is 0 Å². The predicted octanol–water partition coefficient (Wildman–Crippen LogP) is 1.05. The van der Waals surface area contributed by atoms with Crippen molar-refractivity contribution < 1.29 is 5.11 Å². The van der Waals surface area contributed by atoms with Gasteiger partial charge in [0.25, 0.3) is 0 Å². The molecule has 1 heterocycles. The number of nitrogens with zero attached hydrogens (tertiary/aromatic N) is 3. The molecule has 0 aliphatic rings. The maximum absolute atomic E-state index is 9.23. The van der Waals surface area contributed by atoms with Crippen LogP contribution >= 0.6 is 0 Å². The number of aromatic amines is 1. The maximum atomic E-state index is 9.23. The lowest BCUT2D eigenvalue weighted by molar-refractivity contribution is 0.475. The summed E-state index contributed by atoms with van der Waals surface area (Å²) < 4.78 is 0. The predicted molar refractivity (Wildman–Crippen MR) is 48.2 cm³/mol. The second-order valence-corrected chi connectivity index (χ2v) is 2.68. The van der Waals surface area contributed by atoms with Crippen LogP contribution in [0.3, 0.4) is 0 Å². The van der Waals surface area contributed by atoms with Crippen molar-refractivity contribution in [2.45, 2.75) is 0 Å². The first-order chi connectivity index (χ1) is 6.81. The summed E-state index contributed by atoms with van der Waals surface area (Å²) >= 11 is 0. The van der Waals surface area contributed by atoms with Gasteiger partial charge in [-0.05, 0) is 12.1 Å². The molecule has 0 unspecified atom stereocenters. The van der Waals surface area contributed by atoms with Gasteiger partial charge in [0.2, 0.25) is 0 Å². The van der Waals surface area contributed by atoms with E-state index in [9.17, 15) is 5.11 Å². The number of nitriles is 1. The maximum Gasteiger partial charge on any atom is 0.190 e. The van der Waals surface area contributed by atoms with Crippen LogP contribution in [0.4, 0.5) is 0 Å². The van der Waals surface area contributed by atoms with Crippen LogP contribution in [0.15, 0.2) is 24.3 Å². The van der Waals surface area contributed by atoms with Crippen molar-refractivity contribution in [1.82, 2.24) is 15.4 Å². The molecule has 0 aliphatic heterocycles. The second-order valence-electron chi connectivity index (χ2n) is 2.68. The average Bonchev–Trinajstić information content (AvgIpc) is 2.65. The Balaban J connectivity index is 2.56. The molecular weight excluding hydrogens is 180 g/mol. The number of phenols is 1. The number of aromatic hydroxyl groups is 1. The van der Waals surface area contributed by atoms with Crippen molar-refractivity contribution in [3.05, 3.63) is 30.0 Å². The summed E-state index contributed by atoms with van der Waals surface area (Å²) in [5.74, 6) is 0.134. The van der Waals surface area contributed by atoms with Crippen molar-refractivity contribution in [3.8, 4) is 23.1 Å². The van der Waals surface area contributed by atoms with Crippen LogP contribution < -0.4 is 0 Å². The monoisotopic (exact) mass is 186 g/mol. The molecule has 0 atom stereocenters. The van der Waals surface area contributed by atoms with Crippen LogP contribution in [0.25, 0.3) is 11.3 Å². The van der Waals surface area contributed by atoms with E-state index in [-0.39, 0.29) is 11.4 Å². The van der Waals surface area contributed by atoms with Gasteiger partial charge in [0.15, 0.2) is 5.69 Å². The fourth-order valence-electron chi connectivity index (χ4n) is 1.16. The molecule has 0 spiro atoms. The Morgan fingerprint density at radius 1 is 1.36 bits per heavy atom. The first-order valence-electron chi connectivity index (χ1n) is 3.91. The summed E-state index contributed by atoms with van der Waals surface area (Å²) in [6, 6.07) is 8.41. The highest BCUT2D eigenvalue weighted by Crippen LogP contribution is 2.22. The highest BCUT2D eigenvalue weighted by molar-refractivity contribution is 5.65. The Hall–Kier alpha value is -2.35. The van der Waals surface area contributed by atoms with E-state index in [1.807, 2.05) is 6.07 Å². The van der Waals surface area contributed by atoms with Gasteiger partial charge in [-0.25, -0.2) is 0 Å². The summed E-state index contributed by atoms with van der Waals surface area (Å²) in [6.45, 7) is 0. The molecule has 0 radical (unpaired) electrons. The summed E-state index contributed by atoms with van der Waals surface area (Å²) in [6.07, 6.45) is 0. The third-order valence-corrected chi connectivity index (χ3v) is 1.77. The van der Waals surface area contributed by atoms with Gasteiger partial charge in [0.1, 0.15) is 17.5 Å². The largest absolute Gasteiger partial charge is 0.508 e. The van der Waals surface area contributed by atoms with Crippen molar-refractivity contribution in [1.29, 1.82) is 5.26 Å². The van der Waals surface area contributed by atoms with Gasteiger partial charge in [-0.15, -0.1) is 5.10 Å². The van der Waals surface area contributed by atoms with Gasteiger partial charge in [0, 0.05) is 5.56 Å². The summed E-state index contributed by atoms with van der Waals surface area (Å²) in [5.41, 5.74) is 1.33. The smallest absolute Gasteiger partial charge is 0.190 e. The number of nitrogens with one attached hydrogen (secondary N) is 1. The van der Waals surface area contributed by atoms with Crippen LogP contribution in [-0.2, 0) is 0 Å². The molecule has 0 amide bonds. The minimum atomic E-state index is 0.134. The first-order valence-corrected chi connectivity index (χ1v) is 3.91. The highest BCUT2D eigenvalue weighted by Gasteiger charge is 2.09. The van der Waals surface area contributed by atoms with E-state index in [1.54, 1.807) is 18.2 Å². The number of benzene rings is 1. The summed E-state index contributed by atoms with van der Waals surface area (Å²) in [4.78, 5) is 0. The van der Waals surface area contributed by atoms with Crippen LogP contribution in [0.2, 0.25) is 0 Å². The van der Waals surface area contributed by atoms with E-state index in [1.165, 1.54) is 6.07 Å². The Morgan fingerprint density at radius 3 is 2.93 bits per heavy atom. The Morgan fingerprint density at radius 2 is 2.21 bits per heavy atom. The normalized spacial score (nSPS) is 9.64. The quantitative estimate of drug-likeness (QED) is 0.696. The lowest BCUT2D eigenvalue weighted by Gasteiger charge is -1.96. The van der Waals surface area contributed by atoms with E-state index in [4.69, 9.17) is 5.26 Å². The molecule has 0 aliphatic carbocycles. The van der Waals surface area contributed by atoms with Gasteiger partial charge in [-0.1, -0.05) is 12.1 Å². The van der Waals surface area contributed by atoms with Crippen molar-refractivity contribution in [3.63, 3.8) is 0 Å². The third kappa shape index (κ3) is 1.29. The zero-order chi connectivity index (χ0) is 9.97. The molecule has 1 aromatic heterocycles. The molecule has 0 saturated carbocycles. The number of H-pyrrole nitrogens is 1. The van der Waals surface area contributed by atoms with Gasteiger partial charge in [-0.3, -0.25) is 0 Å². The second kappa shape index (κ2) is 3.18. The average molecular weight is 186 g/mol. The molecule has 2 N–H and O–H groups in total. The summed E-state index contributed by atoms with van der Waals surface area (Å²) in [7, 11) is 0. The Kier molecular flexibility index (Phi) is 1.88. The molecule has 68 valence electrons. The molecule has 2 rings (SSSR count). The van der Waals surface area contributed by atoms with Crippen molar-refractivity contribution in [2.75, 3.05) is 0 Å². The van der Waals surface area contributed by atoms with Crippen molar-refractivity contribution in [2.24, 2.45) is 0 Å². The van der Waals surface area contributed by atoms with Crippen LogP contribution in [-0.4, -0.2) is 20.5 Å². The minimum Gasteiger partial charge on any atom is -0.508 e. The minimum absolute atomic E-state index is 0.134. The molecule has 5 nitrogen and oxygen atoms in total. The number of hydrogen-bond donors (Lipinski definition) is 2. The number of phenolic OH excluding ortho intramolecular Hbond substituents is 1. The van der Waals surface area contributed by atoms with Crippen LogP contribution in [0.1, 0.15) is 5.69 Å². The van der Waals surface area contributed by atoms with Crippen LogP contribution in [0.5, 0.6) is 5.75 Å². The van der Waals surface area contributed by atoms with E-state index in [0.717, 1.165) is 0 Å². The van der Waals surface area contributed by atoms with Gasteiger partial charge in [-0.2, -0.15) is 15.6 Å². The van der Waals surface area contributed by atoms with Crippen molar-refractivity contribution >= 4 is 0 Å². The Labute approximate surface area is 79.6 Å². The lowest BCUT2D eigenvalue weighted by atomic mass is 10.1. The molecule has 1 aromatic carbocycles. The van der Waals surface area contributed by atoms with Gasteiger partial charge in [0.05, 0.1) is 0 Å². The van der Waals surface area contributed by atoms with E-state index in [2.05, 4.69) is 15.4 Å². The number of rotatable bonds is 1. The number of hydrogen-bond acceptors (Lipinski definition) is 4. The molecule has 5 heteroatoms.